The van der Waals surface area contributed by atoms with Crippen molar-refractivity contribution in [3.8, 4) is 0 Å². The Morgan fingerprint density at radius 2 is 2.00 bits per heavy atom. The molecule has 134 valence electrons. The molecule has 0 heterocycles. The molecule has 1 unspecified atom stereocenters. The smallest absolute Gasteiger partial charge is 0.235 e. The molecule has 0 aromatic heterocycles. The molecule has 0 fully saturated rings. The van der Waals surface area contributed by atoms with Gasteiger partial charge in [0.1, 0.15) is 20.7 Å². The van der Waals surface area contributed by atoms with Gasteiger partial charge in [-0.1, -0.05) is 37.6 Å². The van der Waals surface area contributed by atoms with Gasteiger partial charge < -0.3 is 0 Å². The first-order chi connectivity index (χ1) is 12.3. The van der Waals surface area contributed by atoms with E-state index < -0.39 is 8.03 Å². The Kier molecular flexibility index (Phi) is 4.96. The van der Waals surface area contributed by atoms with E-state index in [0.29, 0.717) is 0 Å². The Morgan fingerprint density at radius 1 is 1.27 bits per heavy atom. The van der Waals surface area contributed by atoms with Crippen LogP contribution >= 0.6 is 8.03 Å². The lowest BCUT2D eigenvalue weighted by molar-refractivity contribution is -0.462. The van der Waals surface area contributed by atoms with Crippen LogP contribution in [0.5, 0.6) is 0 Å². The number of benzene rings is 1. The Hall–Kier alpha value is -2.09. The van der Waals surface area contributed by atoms with Crippen molar-refractivity contribution in [2.45, 2.75) is 26.2 Å². The highest BCUT2D eigenvalue weighted by atomic mass is 31.1. The van der Waals surface area contributed by atoms with Crippen LogP contribution in [0, 0.1) is 6.92 Å². The van der Waals surface area contributed by atoms with Gasteiger partial charge in [-0.3, -0.25) is 0 Å². The number of rotatable bonds is 4. The molecular weight excluding hydrogens is 341 g/mol. The number of nitrogens with zero attached hydrogens (tertiary/aromatic N) is 1. The van der Waals surface area contributed by atoms with Crippen LogP contribution < -0.4 is 0 Å². The maximum absolute atomic E-state index is 13.0. The summed E-state index contributed by atoms with van der Waals surface area (Å²) >= 11 is 0. The zero-order valence-corrected chi connectivity index (χ0v) is 17.1. The van der Waals surface area contributed by atoms with Gasteiger partial charge in [-0.25, -0.2) is 4.58 Å². The lowest BCUT2D eigenvalue weighted by Crippen LogP contribution is -2.29. The molecular formula is C22H26NO2P+2. The predicted octanol–water partition coefficient (Wildman–Crippen LogP) is 5.15. The molecule has 0 spiro atoms. The maximum Gasteiger partial charge on any atom is 0.550 e. The van der Waals surface area contributed by atoms with E-state index in [0.717, 1.165) is 22.2 Å². The molecule has 0 bridgehead atoms. The van der Waals surface area contributed by atoms with Crippen LogP contribution in [-0.4, -0.2) is 31.0 Å². The fourth-order valence-electron chi connectivity index (χ4n) is 3.59. The van der Waals surface area contributed by atoms with Crippen LogP contribution in [0.15, 0.2) is 60.2 Å². The Balaban J connectivity index is 2.32. The first-order valence-corrected chi connectivity index (χ1v) is 9.97. The van der Waals surface area contributed by atoms with Gasteiger partial charge in [-0.05, 0) is 34.8 Å². The summed E-state index contributed by atoms with van der Waals surface area (Å²) in [5.74, 6) is 0. The minimum Gasteiger partial charge on any atom is -0.235 e. The van der Waals surface area contributed by atoms with E-state index in [4.69, 9.17) is 4.52 Å². The van der Waals surface area contributed by atoms with Crippen molar-refractivity contribution in [1.29, 1.82) is 0 Å². The average Bonchev–Trinajstić information content (AvgIpc) is 2.60. The Bertz CT molecular complexity index is 925. The predicted molar refractivity (Wildman–Crippen MR) is 109 cm³/mol. The van der Waals surface area contributed by atoms with E-state index in [1.54, 1.807) is 6.08 Å². The van der Waals surface area contributed by atoms with Crippen molar-refractivity contribution in [3.05, 3.63) is 76.9 Å². The standard InChI is InChI=1S/C22H26NO2P/c1-7-12-25-26(24)21-17-10-8-15(2)13-19(17)22(3,4)20-14-16(23(5)6)9-11-18(20)21/h7-11,13-14H,1,12H2,2-6H3/q+2. The average molecular weight is 367 g/mol. The molecule has 3 nitrogen and oxygen atoms in total. The number of aryl methyl sites for hydroxylation is 1. The van der Waals surface area contributed by atoms with E-state index in [9.17, 15) is 4.57 Å². The van der Waals surface area contributed by atoms with Crippen LogP contribution in [-0.2, 0) is 14.5 Å². The summed E-state index contributed by atoms with van der Waals surface area (Å²) in [5, 5.41) is 0.788. The Labute approximate surface area is 157 Å². The summed E-state index contributed by atoms with van der Waals surface area (Å²) < 4.78 is 20.7. The third-order valence-electron chi connectivity index (χ3n) is 5.04. The van der Waals surface area contributed by atoms with Gasteiger partial charge >= 0.3 is 8.03 Å². The minimum absolute atomic E-state index is 0.180. The monoisotopic (exact) mass is 367 g/mol. The molecule has 3 rings (SSSR count). The van der Waals surface area contributed by atoms with Crippen molar-refractivity contribution >= 4 is 19.1 Å². The fraction of sp³-hybridized carbons (Fsp3) is 0.318. The second-order valence-electron chi connectivity index (χ2n) is 7.49. The summed E-state index contributed by atoms with van der Waals surface area (Å²) in [7, 11) is 2.10. The van der Waals surface area contributed by atoms with Crippen molar-refractivity contribution in [2.75, 3.05) is 20.7 Å². The van der Waals surface area contributed by atoms with Crippen LogP contribution in [0.2, 0.25) is 0 Å². The highest BCUT2D eigenvalue weighted by molar-refractivity contribution is 7.51. The van der Waals surface area contributed by atoms with Crippen LogP contribution in [0.1, 0.15) is 30.5 Å². The minimum atomic E-state index is -1.97. The van der Waals surface area contributed by atoms with Gasteiger partial charge in [-0.2, -0.15) is 0 Å². The molecule has 26 heavy (non-hydrogen) atoms. The third kappa shape index (κ3) is 3.06. The van der Waals surface area contributed by atoms with E-state index in [1.807, 2.05) is 14.1 Å². The van der Waals surface area contributed by atoms with E-state index >= 15 is 0 Å². The molecule has 0 amide bonds. The van der Waals surface area contributed by atoms with Crippen LogP contribution in [0.25, 0.3) is 5.31 Å². The van der Waals surface area contributed by atoms with Crippen molar-refractivity contribution < 1.29 is 13.7 Å². The van der Waals surface area contributed by atoms with Gasteiger partial charge in [0.05, 0.1) is 0 Å². The van der Waals surface area contributed by atoms with Crippen molar-refractivity contribution in [2.24, 2.45) is 0 Å². The lowest BCUT2D eigenvalue weighted by atomic mass is 9.67. The number of allylic oxidation sites excluding steroid dienone is 5. The number of hydrogen-bond acceptors (Lipinski definition) is 2. The van der Waals surface area contributed by atoms with Gasteiger partial charge in [0, 0.05) is 28.7 Å². The molecule has 0 saturated heterocycles. The number of hydrogen-bond donors (Lipinski definition) is 0. The second kappa shape index (κ2) is 6.90. The lowest BCUT2D eigenvalue weighted by Gasteiger charge is -2.35. The van der Waals surface area contributed by atoms with E-state index in [-0.39, 0.29) is 12.0 Å². The highest BCUT2D eigenvalue weighted by Gasteiger charge is 2.45. The third-order valence-corrected chi connectivity index (χ3v) is 6.27. The summed E-state index contributed by atoms with van der Waals surface area (Å²) in [4.78, 5) is 0. The SMILES string of the molecule is C=CCO[P+](=O)C1=C2C=CC(=[N+](C)C)C=C2C(C)(C)c2cc(C)ccc21. The zero-order valence-electron chi connectivity index (χ0n) is 16.2. The first kappa shape index (κ1) is 18.7. The van der Waals surface area contributed by atoms with E-state index in [1.165, 1.54) is 16.7 Å². The van der Waals surface area contributed by atoms with Crippen molar-refractivity contribution in [3.63, 3.8) is 0 Å². The quantitative estimate of drug-likeness (QED) is 0.418. The molecule has 2 aliphatic rings. The van der Waals surface area contributed by atoms with Gasteiger partial charge in [-0.15, -0.1) is 11.1 Å². The molecule has 2 aliphatic carbocycles. The number of fused-ring (bicyclic) bond motifs is 2. The fourth-order valence-corrected chi connectivity index (χ4v) is 4.74. The van der Waals surface area contributed by atoms with Crippen molar-refractivity contribution in [1.82, 2.24) is 0 Å². The highest BCUT2D eigenvalue weighted by Crippen LogP contribution is 2.55. The molecule has 1 aromatic carbocycles. The second-order valence-corrected chi connectivity index (χ2v) is 8.71. The van der Waals surface area contributed by atoms with Gasteiger partial charge in [0.25, 0.3) is 0 Å². The molecule has 1 aromatic rings. The normalized spacial score (nSPS) is 18.1. The topological polar surface area (TPSA) is 29.3 Å². The maximum atomic E-state index is 13.0. The zero-order chi connectivity index (χ0) is 19.1. The molecule has 1 atom stereocenters. The first-order valence-electron chi connectivity index (χ1n) is 8.79. The summed E-state index contributed by atoms with van der Waals surface area (Å²) in [6.07, 6.45) is 7.99. The van der Waals surface area contributed by atoms with Gasteiger partial charge in [0.15, 0.2) is 5.71 Å². The molecule has 4 heteroatoms. The van der Waals surface area contributed by atoms with Gasteiger partial charge in [0.2, 0.25) is 5.31 Å². The molecule has 0 N–H and O–H groups in total. The Morgan fingerprint density at radius 3 is 2.65 bits per heavy atom. The summed E-state index contributed by atoms with van der Waals surface area (Å²) in [6.45, 7) is 10.5. The van der Waals surface area contributed by atoms with E-state index in [2.05, 4.69) is 68.4 Å². The largest absolute Gasteiger partial charge is 0.550 e. The summed E-state index contributed by atoms with van der Waals surface area (Å²) in [5.41, 5.74) is 6.57. The van der Waals surface area contributed by atoms with Crippen LogP contribution in [0.4, 0.5) is 0 Å². The van der Waals surface area contributed by atoms with Crippen LogP contribution in [0.3, 0.4) is 0 Å². The molecule has 0 aliphatic heterocycles. The molecule has 0 radical (unpaired) electrons. The molecule has 0 saturated carbocycles. The summed E-state index contributed by atoms with van der Waals surface area (Å²) in [6, 6.07) is 6.36.